The van der Waals surface area contributed by atoms with Gasteiger partial charge in [-0.1, -0.05) is 35.8 Å². The summed E-state index contributed by atoms with van der Waals surface area (Å²) >= 11 is 0. The van der Waals surface area contributed by atoms with Gasteiger partial charge < -0.3 is 4.90 Å². The lowest BCUT2D eigenvalue weighted by atomic mass is 9.94. The van der Waals surface area contributed by atoms with Crippen molar-refractivity contribution in [3.05, 3.63) is 42.1 Å². The van der Waals surface area contributed by atoms with Crippen LogP contribution in [0.15, 0.2) is 36.5 Å². The van der Waals surface area contributed by atoms with Gasteiger partial charge in [0.2, 0.25) is 0 Å². The maximum absolute atomic E-state index is 5.67. The first kappa shape index (κ1) is 9.91. The van der Waals surface area contributed by atoms with E-state index in [4.69, 9.17) is 7.85 Å². The second-order valence-corrected chi connectivity index (χ2v) is 3.14. The molecular formula is C11H14BN. The molecule has 0 aliphatic rings. The molecule has 2 radical (unpaired) electrons. The van der Waals surface area contributed by atoms with Crippen molar-refractivity contribution in [1.29, 1.82) is 0 Å². The van der Waals surface area contributed by atoms with Crippen molar-refractivity contribution in [2.45, 2.75) is 13.5 Å². The summed E-state index contributed by atoms with van der Waals surface area (Å²) in [4.78, 5) is 2.12. The number of allylic oxidation sites excluding steroid dienone is 1. The van der Waals surface area contributed by atoms with Crippen LogP contribution in [0.25, 0.3) is 0 Å². The van der Waals surface area contributed by atoms with E-state index in [0.29, 0.717) is 0 Å². The van der Waals surface area contributed by atoms with Crippen molar-refractivity contribution in [3.63, 3.8) is 0 Å². The topological polar surface area (TPSA) is 3.24 Å². The van der Waals surface area contributed by atoms with Gasteiger partial charge in [-0.25, -0.2) is 0 Å². The summed E-state index contributed by atoms with van der Waals surface area (Å²) in [6.45, 7) is 2.91. The molecule has 0 aliphatic carbocycles. The molecule has 0 unspecified atom stereocenters. The molecule has 0 atom stereocenters. The number of hydrogen-bond acceptors (Lipinski definition) is 1. The molecule has 2 heteroatoms. The van der Waals surface area contributed by atoms with Crippen LogP contribution in [0.5, 0.6) is 0 Å². The fourth-order valence-electron chi connectivity index (χ4n) is 1.29. The standard InChI is InChI=1S/C11H14BN/c1-3-7-13(2)9-10-5-4-6-11(12)8-10/h3-8H,9H2,1-2H3/b7-3-. The highest BCUT2D eigenvalue weighted by atomic mass is 15.1. The first-order valence-corrected chi connectivity index (χ1v) is 4.40. The van der Waals surface area contributed by atoms with Crippen LogP contribution >= 0.6 is 0 Å². The Morgan fingerprint density at radius 3 is 2.85 bits per heavy atom. The maximum Gasteiger partial charge on any atom is 0.113 e. The van der Waals surface area contributed by atoms with Crippen LogP contribution < -0.4 is 5.46 Å². The molecule has 1 aromatic carbocycles. The third-order valence-corrected chi connectivity index (χ3v) is 1.79. The second-order valence-electron chi connectivity index (χ2n) is 3.14. The van der Waals surface area contributed by atoms with Gasteiger partial charge in [-0.2, -0.15) is 0 Å². The highest BCUT2D eigenvalue weighted by molar-refractivity contribution is 6.32. The average molecular weight is 171 g/mol. The van der Waals surface area contributed by atoms with Crippen molar-refractivity contribution in [2.24, 2.45) is 0 Å². The summed E-state index contributed by atoms with van der Waals surface area (Å²) in [5.74, 6) is 0. The Morgan fingerprint density at radius 2 is 2.23 bits per heavy atom. The van der Waals surface area contributed by atoms with Crippen molar-refractivity contribution in [1.82, 2.24) is 4.90 Å². The molecule has 0 fully saturated rings. The first-order valence-electron chi connectivity index (χ1n) is 4.40. The fraction of sp³-hybridized carbons (Fsp3) is 0.273. The minimum Gasteiger partial charge on any atom is -0.376 e. The molecule has 0 saturated heterocycles. The van der Waals surface area contributed by atoms with Crippen LogP contribution in [0.2, 0.25) is 0 Å². The average Bonchev–Trinajstić information content (AvgIpc) is 2.04. The van der Waals surface area contributed by atoms with E-state index < -0.39 is 0 Å². The molecule has 1 nitrogen and oxygen atoms in total. The van der Waals surface area contributed by atoms with Gasteiger partial charge in [0, 0.05) is 13.6 Å². The molecule has 0 amide bonds. The van der Waals surface area contributed by atoms with Crippen LogP contribution in [0.1, 0.15) is 12.5 Å². The van der Waals surface area contributed by atoms with Gasteiger partial charge in [0.25, 0.3) is 0 Å². The van der Waals surface area contributed by atoms with E-state index in [-0.39, 0.29) is 0 Å². The Kier molecular flexibility index (Phi) is 3.62. The third kappa shape index (κ3) is 3.37. The molecule has 0 heterocycles. The lowest BCUT2D eigenvalue weighted by Crippen LogP contribution is -2.12. The van der Waals surface area contributed by atoms with Gasteiger partial charge in [-0.15, -0.1) is 0 Å². The van der Waals surface area contributed by atoms with Crippen molar-refractivity contribution < 1.29 is 0 Å². The molecular weight excluding hydrogens is 157 g/mol. The molecule has 0 aromatic heterocycles. The Hall–Kier alpha value is -1.18. The molecule has 66 valence electrons. The largest absolute Gasteiger partial charge is 0.376 e. The SMILES string of the molecule is [B]c1cccc(CN(C)/C=C\C)c1. The van der Waals surface area contributed by atoms with Gasteiger partial charge in [-0.3, -0.25) is 0 Å². The first-order chi connectivity index (χ1) is 6.22. The quantitative estimate of drug-likeness (QED) is 0.622. The molecule has 0 bridgehead atoms. The molecule has 0 N–H and O–H groups in total. The van der Waals surface area contributed by atoms with Crippen LogP contribution in [-0.2, 0) is 6.54 Å². The monoisotopic (exact) mass is 171 g/mol. The highest BCUT2D eigenvalue weighted by Crippen LogP contribution is 2.00. The Morgan fingerprint density at radius 1 is 1.46 bits per heavy atom. The van der Waals surface area contributed by atoms with E-state index >= 15 is 0 Å². The number of benzene rings is 1. The lowest BCUT2D eigenvalue weighted by Gasteiger charge is -2.13. The zero-order valence-electron chi connectivity index (χ0n) is 8.20. The van der Waals surface area contributed by atoms with Crippen molar-refractivity contribution in [2.75, 3.05) is 7.05 Å². The summed E-state index contributed by atoms with van der Waals surface area (Å²) in [7, 11) is 7.72. The zero-order valence-corrected chi connectivity index (χ0v) is 8.20. The number of nitrogens with zero attached hydrogens (tertiary/aromatic N) is 1. The highest BCUT2D eigenvalue weighted by Gasteiger charge is 1.94. The third-order valence-electron chi connectivity index (χ3n) is 1.79. The molecule has 1 aromatic rings. The van der Waals surface area contributed by atoms with E-state index in [2.05, 4.69) is 11.0 Å². The predicted octanol–water partition coefficient (Wildman–Crippen LogP) is 1.45. The predicted molar refractivity (Wildman–Crippen MR) is 58.1 cm³/mol. The summed E-state index contributed by atoms with van der Waals surface area (Å²) in [6.07, 6.45) is 4.06. The van der Waals surface area contributed by atoms with Gasteiger partial charge in [0.1, 0.15) is 7.85 Å². The van der Waals surface area contributed by atoms with Crippen LogP contribution in [-0.4, -0.2) is 19.8 Å². The number of rotatable bonds is 3. The molecule has 0 spiro atoms. The van der Waals surface area contributed by atoms with E-state index in [1.54, 1.807) is 0 Å². The minimum atomic E-state index is 0.825. The lowest BCUT2D eigenvalue weighted by molar-refractivity contribution is 0.450. The summed E-state index contributed by atoms with van der Waals surface area (Å²) in [5, 5.41) is 0. The van der Waals surface area contributed by atoms with Crippen molar-refractivity contribution in [3.8, 4) is 0 Å². The fourth-order valence-corrected chi connectivity index (χ4v) is 1.29. The van der Waals surface area contributed by atoms with E-state index in [9.17, 15) is 0 Å². The van der Waals surface area contributed by atoms with Crippen LogP contribution in [0, 0.1) is 0 Å². The normalized spacial score (nSPS) is 10.6. The van der Waals surface area contributed by atoms with Crippen LogP contribution in [0.4, 0.5) is 0 Å². The molecule has 1 rings (SSSR count). The minimum absolute atomic E-state index is 0.825. The van der Waals surface area contributed by atoms with Gasteiger partial charge in [0.15, 0.2) is 0 Å². The van der Waals surface area contributed by atoms with E-state index in [0.717, 1.165) is 12.0 Å². The van der Waals surface area contributed by atoms with Crippen molar-refractivity contribution >= 4 is 13.3 Å². The zero-order chi connectivity index (χ0) is 9.68. The molecule has 13 heavy (non-hydrogen) atoms. The summed E-state index contributed by atoms with van der Waals surface area (Å²) < 4.78 is 0. The summed E-state index contributed by atoms with van der Waals surface area (Å²) in [6, 6.07) is 7.96. The Balaban J connectivity index is 2.63. The summed E-state index contributed by atoms with van der Waals surface area (Å²) in [5.41, 5.74) is 2.06. The Labute approximate surface area is 81.5 Å². The van der Waals surface area contributed by atoms with Crippen LogP contribution in [0.3, 0.4) is 0 Å². The van der Waals surface area contributed by atoms with Gasteiger partial charge >= 0.3 is 0 Å². The maximum atomic E-state index is 5.67. The smallest absolute Gasteiger partial charge is 0.113 e. The van der Waals surface area contributed by atoms with E-state index in [1.165, 1.54) is 5.56 Å². The van der Waals surface area contributed by atoms with E-state index in [1.807, 2.05) is 44.4 Å². The second kappa shape index (κ2) is 4.75. The molecule has 0 aliphatic heterocycles. The Bertz CT molecular complexity index is 294. The van der Waals surface area contributed by atoms with Gasteiger partial charge in [0.05, 0.1) is 0 Å². The number of hydrogen-bond donors (Lipinski definition) is 0. The van der Waals surface area contributed by atoms with Gasteiger partial charge in [-0.05, 0) is 18.7 Å². The molecule has 0 saturated carbocycles.